The van der Waals surface area contributed by atoms with Gasteiger partial charge in [0.1, 0.15) is 0 Å². The zero-order valence-corrected chi connectivity index (χ0v) is 27.6. The number of benzene rings is 6. The van der Waals surface area contributed by atoms with E-state index in [-0.39, 0.29) is 10.8 Å². The van der Waals surface area contributed by atoms with Crippen LogP contribution in [0.1, 0.15) is 49.9 Å². The molecule has 10 rings (SSSR count). The molecule has 2 nitrogen and oxygen atoms in total. The highest BCUT2D eigenvalue weighted by Crippen LogP contribution is 2.61. The molecule has 0 fully saturated rings. The monoisotopic (exact) mass is 614 g/mol. The Morgan fingerprint density at radius 2 is 0.938 bits per heavy atom. The summed E-state index contributed by atoms with van der Waals surface area (Å²) in [6.45, 7) is 9.74. The zero-order chi connectivity index (χ0) is 32.4. The number of hydrogen-bond acceptors (Lipinski definition) is 2. The number of aromatic nitrogens is 2. The lowest BCUT2D eigenvalue weighted by Gasteiger charge is -2.31. The smallest absolute Gasteiger partial charge is 0.0708 e. The fraction of sp³-hybridized carbons (Fsp3) is 0.130. The van der Waals surface area contributed by atoms with Gasteiger partial charge in [0.25, 0.3) is 0 Å². The van der Waals surface area contributed by atoms with Crippen molar-refractivity contribution < 1.29 is 0 Å². The summed E-state index contributed by atoms with van der Waals surface area (Å²) in [6, 6.07) is 44.7. The van der Waals surface area contributed by atoms with Gasteiger partial charge in [0.05, 0.1) is 11.0 Å². The average Bonchev–Trinajstić information content (AvgIpc) is 3.49. The van der Waals surface area contributed by atoms with E-state index in [2.05, 4.69) is 154 Å². The summed E-state index contributed by atoms with van der Waals surface area (Å²) in [6.07, 6.45) is 3.89. The molecule has 0 saturated heterocycles. The van der Waals surface area contributed by atoms with E-state index in [1.54, 1.807) is 0 Å². The molecule has 0 radical (unpaired) electrons. The molecule has 0 atom stereocenters. The second kappa shape index (κ2) is 9.49. The lowest BCUT2D eigenvalue weighted by atomic mass is 9.72. The number of nitrogens with zero attached hydrogens (tertiary/aromatic N) is 2. The summed E-state index contributed by atoms with van der Waals surface area (Å²) in [4.78, 5) is 9.33. The Morgan fingerprint density at radius 3 is 1.67 bits per heavy atom. The molecule has 2 heterocycles. The molecule has 0 N–H and O–H groups in total. The maximum Gasteiger partial charge on any atom is 0.0708 e. The van der Waals surface area contributed by atoms with Crippen LogP contribution in [0.3, 0.4) is 0 Å². The minimum Gasteiger partial charge on any atom is -0.256 e. The summed E-state index contributed by atoms with van der Waals surface area (Å²) in [5.41, 5.74) is 17.9. The Hall–Kier alpha value is -5.60. The highest BCUT2D eigenvalue weighted by Gasteiger charge is 2.46. The Morgan fingerprint density at radius 1 is 0.396 bits per heavy atom. The van der Waals surface area contributed by atoms with Gasteiger partial charge in [-0.2, -0.15) is 0 Å². The van der Waals surface area contributed by atoms with Gasteiger partial charge in [0.15, 0.2) is 0 Å². The van der Waals surface area contributed by atoms with Gasteiger partial charge in [-0.15, -0.1) is 0 Å². The maximum absolute atomic E-state index is 4.69. The molecule has 8 aromatic rings. The molecule has 2 heteroatoms. The van der Waals surface area contributed by atoms with Crippen LogP contribution in [0.4, 0.5) is 0 Å². The molecule has 0 unspecified atom stereocenters. The Kier molecular flexibility index (Phi) is 5.44. The van der Waals surface area contributed by atoms with E-state index >= 15 is 0 Å². The first kappa shape index (κ1) is 27.5. The van der Waals surface area contributed by atoms with Gasteiger partial charge >= 0.3 is 0 Å². The Bertz CT molecular complexity index is 2670. The molecule has 48 heavy (non-hydrogen) atoms. The summed E-state index contributed by atoms with van der Waals surface area (Å²) >= 11 is 0. The van der Waals surface area contributed by atoms with E-state index in [0.717, 1.165) is 11.0 Å². The summed E-state index contributed by atoms with van der Waals surface area (Å²) in [5, 5.41) is 4.98. The molecule has 0 bridgehead atoms. The summed E-state index contributed by atoms with van der Waals surface area (Å²) in [7, 11) is 0. The Balaban J connectivity index is 1.20. The zero-order valence-electron chi connectivity index (χ0n) is 27.6. The second-order valence-corrected chi connectivity index (χ2v) is 14.6. The maximum atomic E-state index is 4.69. The molecule has 6 aromatic carbocycles. The normalized spacial score (nSPS) is 15.0. The lowest BCUT2D eigenvalue weighted by Crippen LogP contribution is -2.24. The lowest BCUT2D eigenvalue weighted by molar-refractivity contribution is 0.601. The van der Waals surface area contributed by atoms with Crippen molar-refractivity contribution in [3.05, 3.63) is 156 Å². The largest absolute Gasteiger partial charge is 0.256 e. The highest BCUT2D eigenvalue weighted by molar-refractivity contribution is 6.12. The molecule has 0 spiro atoms. The van der Waals surface area contributed by atoms with Crippen LogP contribution in [-0.2, 0) is 10.8 Å². The van der Waals surface area contributed by atoms with Gasteiger partial charge in [0.2, 0.25) is 0 Å². The minimum atomic E-state index is -0.193. The van der Waals surface area contributed by atoms with E-state index in [4.69, 9.17) is 4.98 Å². The highest BCUT2D eigenvalue weighted by atomic mass is 14.6. The van der Waals surface area contributed by atoms with Gasteiger partial charge in [-0.05, 0) is 114 Å². The van der Waals surface area contributed by atoms with Crippen molar-refractivity contribution in [2.24, 2.45) is 0 Å². The molecular formula is C46H34N2. The van der Waals surface area contributed by atoms with Crippen molar-refractivity contribution in [3.63, 3.8) is 0 Å². The predicted molar refractivity (Wildman–Crippen MR) is 201 cm³/mol. The van der Waals surface area contributed by atoms with Crippen LogP contribution in [0.25, 0.3) is 77.1 Å². The van der Waals surface area contributed by atoms with Gasteiger partial charge < -0.3 is 0 Å². The van der Waals surface area contributed by atoms with Crippen molar-refractivity contribution in [1.29, 1.82) is 0 Å². The topological polar surface area (TPSA) is 25.8 Å². The third-order valence-corrected chi connectivity index (χ3v) is 11.3. The second-order valence-electron chi connectivity index (χ2n) is 14.6. The standard InChI is InChI=1S/C46H34N2/c1-45(2)38-25-27(28-21-23-47-40-15-9-7-12-32(28)40)17-18-31(38)35-19-20-36-42-34-14-6-5-11-29(34)37(26-39(42)46(3,4)44(36)43(35)45)30-22-24-48-41-16-10-8-13-33(30)41/h5-26H,1-4H3. The summed E-state index contributed by atoms with van der Waals surface area (Å²) < 4.78 is 0. The van der Waals surface area contributed by atoms with Gasteiger partial charge in [-0.3, -0.25) is 9.97 Å². The van der Waals surface area contributed by atoms with Gasteiger partial charge in [0, 0.05) is 34.0 Å². The number of para-hydroxylation sites is 2. The minimum absolute atomic E-state index is 0.173. The van der Waals surface area contributed by atoms with Crippen molar-refractivity contribution in [3.8, 4) is 44.5 Å². The van der Waals surface area contributed by atoms with E-state index in [1.807, 2.05) is 12.4 Å². The average molecular weight is 615 g/mol. The van der Waals surface area contributed by atoms with Crippen molar-refractivity contribution in [2.45, 2.75) is 38.5 Å². The predicted octanol–water partition coefficient (Wildman–Crippen LogP) is 11.9. The molecular weight excluding hydrogens is 581 g/mol. The fourth-order valence-corrected chi connectivity index (χ4v) is 9.13. The molecule has 228 valence electrons. The SMILES string of the molecule is CC1(C)c2cc(-c3ccnc4ccccc34)ccc2-c2ccc3c(c21)C(C)(C)c1cc(-c2ccnc4ccccc24)c2ccccc2c1-3. The molecule has 2 aliphatic rings. The number of hydrogen-bond donors (Lipinski definition) is 0. The van der Waals surface area contributed by atoms with E-state index < -0.39 is 0 Å². The number of rotatable bonds is 2. The number of fused-ring (bicyclic) bond motifs is 11. The van der Waals surface area contributed by atoms with Gasteiger partial charge in [-0.1, -0.05) is 113 Å². The Labute approximate surface area is 280 Å². The van der Waals surface area contributed by atoms with Crippen LogP contribution in [0.2, 0.25) is 0 Å². The van der Waals surface area contributed by atoms with E-state index in [0.29, 0.717) is 0 Å². The van der Waals surface area contributed by atoms with Crippen LogP contribution in [0.5, 0.6) is 0 Å². The fourth-order valence-electron chi connectivity index (χ4n) is 9.13. The molecule has 0 amide bonds. The van der Waals surface area contributed by atoms with E-state index in [1.165, 1.54) is 88.3 Å². The quantitative estimate of drug-likeness (QED) is 0.194. The first-order valence-electron chi connectivity index (χ1n) is 16.9. The van der Waals surface area contributed by atoms with Crippen molar-refractivity contribution >= 4 is 32.6 Å². The first-order valence-corrected chi connectivity index (χ1v) is 16.9. The van der Waals surface area contributed by atoms with Crippen LogP contribution in [-0.4, -0.2) is 9.97 Å². The van der Waals surface area contributed by atoms with Crippen LogP contribution in [0, 0.1) is 0 Å². The third-order valence-electron chi connectivity index (χ3n) is 11.3. The number of pyridine rings is 2. The molecule has 2 aliphatic carbocycles. The van der Waals surface area contributed by atoms with Crippen molar-refractivity contribution in [1.82, 2.24) is 9.97 Å². The van der Waals surface area contributed by atoms with Crippen LogP contribution in [0.15, 0.2) is 134 Å². The first-order chi connectivity index (χ1) is 23.3. The molecule has 0 aliphatic heterocycles. The van der Waals surface area contributed by atoms with Crippen LogP contribution >= 0.6 is 0 Å². The molecule has 0 saturated carbocycles. The van der Waals surface area contributed by atoms with Crippen LogP contribution < -0.4 is 0 Å². The molecule has 2 aromatic heterocycles. The van der Waals surface area contributed by atoms with E-state index in [9.17, 15) is 0 Å². The van der Waals surface area contributed by atoms with Crippen molar-refractivity contribution in [2.75, 3.05) is 0 Å². The summed E-state index contributed by atoms with van der Waals surface area (Å²) in [5.74, 6) is 0. The van der Waals surface area contributed by atoms with Gasteiger partial charge in [-0.25, -0.2) is 0 Å². The third kappa shape index (κ3) is 3.52.